The van der Waals surface area contributed by atoms with Crippen LogP contribution in [0.15, 0.2) is 41.4 Å². The standard InChI is InChI=1S/C22H25ClFN5O6S/c1-21(2,3)18-22(4,27-19(26-20(30)31)28(5)36(18,34)35)13-7-6-8-14(17(13)24)25-15-11-12(23)9-10-16(15)29(32)33/h6-11,18,25H,1-5H3,(H,26,27)(H,30,31)/t18?,22-/m1/s1. The van der Waals surface area contributed by atoms with Gasteiger partial charge in [-0.05, 0) is 30.5 Å². The SMILES string of the molecule is CN1C(=NC(=O)O)N[C@](C)(c2cccc(Nc3cc(Cl)ccc3[N+](=O)[O-])c2F)C(C(C)(C)C)S1(=O)=O. The Kier molecular flexibility index (Phi) is 6.94. The molecule has 3 N–H and O–H groups in total. The second kappa shape index (κ2) is 9.21. The van der Waals surface area contributed by atoms with Crippen molar-refractivity contribution < 1.29 is 27.6 Å². The quantitative estimate of drug-likeness (QED) is 0.373. The minimum Gasteiger partial charge on any atom is -0.463 e. The van der Waals surface area contributed by atoms with Crippen molar-refractivity contribution in [1.82, 2.24) is 9.62 Å². The van der Waals surface area contributed by atoms with Crippen molar-refractivity contribution in [3.63, 3.8) is 0 Å². The largest absolute Gasteiger partial charge is 0.463 e. The Balaban J connectivity index is 2.24. The number of rotatable bonds is 4. The maximum absolute atomic E-state index is 16.1. The fourth-order valence-electron chi connectivity index (χ4n) is 4.61. The zero-order chi connectivity index (χ0) is 27.2. The summed E-state index contributed by atoms with van der Waals surface area (Å²) >= 11 is 5.98. The van der Waals surface area contributed by atoms with Gasteiger partial charge in [0.25, 0.3) is 5.69 Å². The van der Waals surface area contributed by atoms with Crippen molar-refractivity contribution in [2.45, 2.75) is 38.5 Å². The minimum absolute atomic E-state index is 0.0711. The molecule has 14 heteroatoms. The van der Waals surface area contributed by atoms with E-state index in [1.54, 1.807) is 20.8 Å². The van der Waals surface area contributed by atoms with E-state index in [0.29, 0.717) is 0 Å². The van der Waals surface area contributed by atoms with Crippen molar-refractivity contribution in [1.29, 1.82) is 0 Å². The van der Waals surface area contributed by atoms with Crippen LogP contribution >= 0.6 is 11.6 Å². The lowest BCUT2D eigenvalue weighted by molar-refractivity contribution is -0.383. The highest BCUT2D eigenvalue weighted by Gasteiger charge is 2.57. The van der Waals surface area contributed by atoms with Crippen LogP contribution in [0, 0.1) is 21.3 Å². The molecule has 1 aliphatic rings. The van der Waals surface area contributed by atoms with Gasteiger partial charge in [0.05, 0.1) is 16.1 Å². The molecule has 2 aromatic rings. The molecular formula is C22H25ClFN5O6S. The number of carboxylic acid groups (broad SMARTS) is 1. The van der Waals surface area contributed by atoms with Gasteiger partial charge in [-0.3, -0.25) is 10.1 Å². The van der Waals surface area contributed by atoms with Gasteiger partial charge >= 0.3 is 6.09 Å². The van der Waals surface area contributed by atoms with Gasteiger partial charge in [0, 0.05) is 23.7 Å². The Hall–Kier alpha value is -3.45. The third kappa shape index (κ3) is 4.80. The van der Waals surface area contributed by atoms with Crippen LogP contribution in [0.25, 0.3) is 0 Å². The molecule has 36 heavy (non-hydrogen) atoms. The van der Waals surface area contributed by atoms with Gasteiger partial charge in [0.2, 0.25) is 16.0 Å². The second-order valence-corrected chi connectivity index (χ2v) is 12.0. The van der Waals surface area contributed by atoms with Gasteiger partial charge in [-0.25, -0.2) is 21.9 Å². The zero-order valence-corrected chi connectivity index (χ0v) is 21.6. The van der Waals surface area contributed by atoms with Crippen LogP contribution in [0.4, 0.5) is 26.2 Å². The smallest absolute Gasteiger partial charge is 0.434 e. The molecule has 194 valence electrons. The number of nitro benzene ring substituents is 1. The lowest BCUT2D eigenvalue weighted by Gasteiger charge is -2.51. The lowest BCUT2D eigenvalue weighted by atomic mass is 9.75. The van der Waals surface area contributed by atoms with Crippen LogP contribution in [-0.2, 0) is 15.6 Å². The number of nitrogens with one attached hydrogen (secondary N) is 2. The van der Waals surface area contributed by atoms with Crippen LogP contribution in [0.2, 0.25) is 5.02 Å². The molecule has 0 bridgehead atoms. The summed E-state index contributed by atoms with van der Waals surface area (Å²) in [7, 11) is -3.08. The van der Waals surface area contributed by atoms with E-state index in [2.05, 4.69) is 15.6 Å². The molecule has 0 radical (unpaired) electrons. The molecule has 2 aromatic carbocycles. The number of carbonyl (C=O) groups is 1. The molecule has 2 atom stereocenters. The number of aliphatic imine (C=N–C) groups is 1. The van der Waals surface area contributed by atoms with Gasteiger partial charge in [-0.2, -0.15) is 0 Å². The van der Waals surface area contributed by atoms with E-state index in [0.717, 1.165) is 11.4 Å². The highest BCUT2D eigenvalue weighted by atomic mass is 35.5. The summed E-state index contributed by atoms with van der Waals surface area (Å²) in [4.78, 5) is 25.4. The molecule has 1 saturated heterocycles. The summed E-state index contributed by atoms with van der Waals surface area (Å²) in [5.41, 5.74) is -3.36. The predicted molar refractivity (Wildman–Crippen MR) is 134 cm³/mol. The number of hydrogen-bond donors (Lipinski definition) is 3. The van der Waals surface area contributed by atoms with E-state index in [-0.39, 0.29) is 27.6 Å². The molecule has 3 rings (SSSR count). The molecule has 1 amide bonds. The average Bonchev–Trinajstić information content (AvgIpc) is 2.71. The van der Waals surface area contributed by atoms with Crippen molar-refractivity contribution in [3.8, 4) is 0 Å². The highest BCUT2D eigenvalue weighted by molar-refractivity contribution is 7.90. The first-order valence-electron chi connectivity index (χ1n) is 10.6. The minimum atomic E-state index is -4.24. The van der Waals surface area contributed by atoms with Crippen LogP contribution in [0.3, 0.4) is 0 Å². The number of sulfonamides is 1. The number of guanidine groups is 1. The first kappa shape index (κ1) is 27.1. The maximum atomic E-state index is 16.1. The Morgan fingerprint density at radius 1 is 1.31 bits per heavy atom. The van der Waals surface area contributed by atoms with Crippen molar-refractivity contribution >= 4 is 50.7 Å². The molecule has 0 saturated carbocycles. The Bertz CT molecular complexity index is 1380. The van der Waals surface area contributed by atoms with Crippen molar-refractivity contribution in [3.05, 3.63) is 62.9 Å². The monoisotopic (exact) mass is 541 g/mol. The van der Waals surface area contributed by atoms with Gasteiger partial charge in [0.15, 0.2) is 5.82 Å². The summed E-state index contributed by atoms with van der Waals surface area (Å²) in [5.74, 6) is -1.39. The summed E-state index contributed by atoms with van der Waals surface area (Å²) in [6.45, 7) is 6.43. The molecule has 1 fully saturated rings. The molecule has 1 aliphatic heterocycles. The molecule has 0 spiro atoms. The van der Waals surface area contributed by atoms with Crippen molar-refractivity contribution in [2.75, 3.05) is 12.4 Å². The van der Waals surface area contributed by atoms with Crippen molar-refractivity contribution in [2.24, 2.45) is 10.4 Å². The third-order valence-corrected chi connectivity index (χ3v) is 8.79. The maximum Gasteiger partial charge on any atom is 0.434 e. The molecule has 1 unspecified atom stereocenters. The van der Waals surface area contributed by atoms with Crippen LogP contribution in [0.1, 0.15) is 33.3 Å². The predicted octanol–water partition coefficient (Wildman–Crippen LogP) is 4.66. The van der Waals surface area contributed by atoms with E-state index < -0.39 is 49.0 Å². The second-order valence-electron chi connectivity index (χ2n) is 9.51. The van der Waals surface area contributed by atoms with Gasteiger partial charge in [0.1, 0.15) is 10.9 Å². The van der Waals surface area contributed by atoms with Gasteiger partial charge in [-0.15, -0.1) is 4.99 Å². The molecule has 1 heterocycles. The number of hydrogen-bond acceptors (Lipinski definition) is 6. The fourth-order valence-corrected chi connectivity index (χ4v) is 7.10. The number of benzene rings is 2. The number of anilines is 2. The number of nitro groups is 1. The first-order chi connectivity index (χ1) is 16.5. The van der Waals surface area contributed by atoms with E-state index in [9.17, 15) is 28.4 Å². The van der Waals surface area contributed by atoms with Crippen LogP contribution in [-0.4, -0.2) is 47.1 Å². The van der Waals surface area contributed by atoms with E-state index in [1.807, 2.05) is 0 Å². The molecular weight excluding hydrogens is 517 g/mol. The van der Waals surface area contributed by atoms with Crippen LogP contribution < -0.4 is 10.6 Å². The zero-order valence-electron chi connectivity index (χ0n) is 20.0. The summed E-state index contributed by atoms with van der Waals surface area (Å²) in [6.07, 6.45) is -1.64. The summed E-state index contributed by atoms with van der Waals surface area (Å²) < 4.78 is 43.9. The first-order valence-corrected chi connectivity index (χ1v) is 12.5. The number of amides is 1. The fraction of sp³-hybridized carbons (Fsp3) is 0.364. The Morgan fingerprint density at radius 3 is 2.50 bits per heavy atom. The van der Waals surface area contributed by atoms with Crippen LogP contribution in [0.5, 0.6) is 0 Å². The summed E-state index contributed by atoms with van der Waals surface area (Å²) in [5, 5.41) is 25.0. The van der Waals surface area contributed by atoms with Gasteiger partial charge in [-0.1, -0.05) is 44.5 Å². The third-order valence-electron chi connectivity index (χ3n) is 5.84. The topological polar surface area (TPSA) is 154 Å². The lowest BCUT2D eigenvalue weighted by Crippen LogP contribution is -2.69. The molecule has 0 aliphatic carbocycles. The highest BCUT2D eigenvalue weighted by Crippen LogP contribution is 2.45. The number of nitrogens with zero attached hydrogens (tertiary/aromatic N) is 3. The molecule has 11 nitrogen and oxygen atoms in total. The van der Waals surface area contributed by atoms with Gasteiger partial charge < -0.3 is 15.7 Å². The Morgan fingerprint density at radius 2 is 1.94 bits per heavy atom. The number of halogens is 2. The molecule has 0 aromatic heterocycles. The normalized spacial score (nSPS) is 22.7. The summed E-state index contributed by atoms with van der Waals surface area (Å²) in [6, 6.07) is 7.89. The average molecular weight is 542 g/mol. The van der Waals surface area contributed by atoms with E-state index in [4.69, 9.17) is 11.6 Å². The Labute approximate surface area is 212 Å². The van der Waals surface area contributed by atoms with E-state index in [1.165, 1.54) is 43.3 Å². The van der Waals surface area contributed by atoms with E-state index >= 15 is 4.39 Å².